The predicted molar refractivity (Wildman–Crippen MR) is 74.5 cm³/mol. The van der Waals surface area contributed by atoms with Crippen molar-refractivity contribution in [3.05, 3.63) is 59.9 Å². The molecule has 0 spiro atoms. The molecule has 0 heterocycles. The minimum Gasteiger partial charge on any atom is -0.379 e. The van der Waals surface area contributed by atoms with E-state index in [1.54, 1.807) is 12.1 Å². The molecule has 0 fully saturated rings. The first-order chi connectivity index (χ1) is 8.66. The van der Waals surface area contributed by atoms with Crippen molar-refractivity contribution in [2.24, 2.45) is 0 Å². The van der Waals surface area contributed by atoms with Gasteiger partial charge in [0.1, 0.15) is 5.82 Å². The molecule has 0 saturated heterocycles. The van der Waals surface area contributed by atoms with Gasteiger partial charge in [0.25, 0.3) is 0 Å². The fourth-order valence-corrected chi connectivity index (χ4v) is 1.71. The van der Waals surface area contributed by atoms with Crippen LogP contribution < -0.4 is 10.2 Å². The first kappa shape index (κ1) is 12.4. The van der Waals surface area contributed by atoms with Gasteiger partial charge < -0.3 is 10.2 Å². The summed E-state index contributed by atoms with van der Waals surface area (Å²) in [5.74, 6) is -0.220. The van der Waals surface area contributed by atoms with Gasteiger partial charge in [0.15, 0.2) is 0 Å². The molecule has 3 heteroatoms. The molecular formula is C15H17FN2. The minimum absolute atomic E-state index is 0.220. The molecule has 94 valence electrons. The predicted octanol–water partition coefficient (Wildman–Crippen LogP) is 3.50. The molecule has 0 bridgehead atoms. The van der Waals surface area contributed by atoms with Gasteiger partial charge in [0, 0.05) is 26.3 Å². The summed E-state index contributed by atoms with van der Waals surface area (Å²) in [6, 6.07) is 14.9. The van der Waals surface area contributed by atoms with Gasteiger partial charge in [-0.2, -0.15) is 0 Å². The lowest BCUT2D eigenvalue weighted by Crippen LogP contribution is -2.08. The zero-order valence-electron chi connectivity index (χ0n) is 10.7. The maximum atomic E-state index is 13.4. The monoisotopic (exact) mass is 244 g/mol. The van der Waals surface area contributed by atoms with E-state index in [9.17, 15) is 4.39 Å². The topological polar surface area (TPSA) is 15.3 Å². The Morgan fingerprint density at radius 3 is 2.28 bits per heavy atom. The molecule has 0 amide bonds. The summed E-state index contributed by atoms with van der Waals surface area (Å²) >= 11 is 0. The highest BCUT2D eigenvalue weighted by Crippen LogP contribution is 2.16. The lowest BCUT2D eigenvalue weighted by Gasteiger charge is -2.13. The third-order valence-corrected chi connectivity index (χ3v) is 2.81. The lowest BCUT2D eigenvalue weighted by molar-refractivity contribution is 0.630. The van der Waals surface area contributed by atoms with Gasteiger partial charge in [-0.1, -0.05) is 24.3 Å². The summed E-state index contributed by atoms with van der Waals surface area (Å²) in [4.78, 5) is 2.05. The van der Waals surface area contributed by atoms with E-state index in [4.69, 9.17) is 0 Å². The molecule has 0 aromatic heterocycles. The fraction of sp³-hybridized carbons (Fsp3) is 0.200. The van der Waals surface area contributed by atoms with Crippen LogP contribution in [0.4, 0.5) is 15.8 Å². The van der Waals surface area contributed by atoms with Crippen molar-refractivity contribution < 1.29 is 4.39 Å². The summed E-state index contributed by atoms with van der Waals surface area (Å²) in [5.41, 5.74) is 2.82. The summed E-state index contributed by atoms with van der Waals surface area (Å²) in [7, 11) is 4.01. The largest absolute Gasteiger partial charge is 0.379 e. The second-order valence-electron chi connectivity index (χ2n) is 4.39. The molecule has 2 aromatic carbocycles. The van der Waals surface area contributed by atoms with E-state index in [1.165, 1.54) is 6.07 Å². The second kappa shape index (κ2) is 5.54. The maximum Gasteiger partial charge on any atom is 0.146 e. The van der Waals surface area contributed by atoms with E-state index in [-0.39, 0.29) is 5.82 Å². The zero-order valence-corrected chi connectivity index (χ0v) is 10.7. The standard InChI is InChI=1S/C15H17FN2/c1-18(2)13-9-7-12(8-10-13)11-17-15-6-4-3-5-14(15)16/h3-10,17H,11H2,1-2H3. The van der Waals surface area contributed by atoms with Gasteiger partial charge in [-0.3, -0.25) is 0 Å². The van der Waals surface area contributed by atoms with Crippen LogP contribution in [0.1, 0.15) is 5.56 Å². The Labute approximate surface area is 107 Å². The van der Waals surface area contributed by atoms with Crippen molar-refractivity contribution >= 4 is 11.4 Å². The maximum absolute atomic E-state index is 13.4. The zero-order chi connectivity index (χ0) is 13.0. The first-order valence-corrected chi connectivity index (χ1v) is 5.91. The van der Waals surface area contributed by atoms with Gasteiger partial charge in [0.05, 0.1) is 5.69 Å². The third-order valence-electron chi connectivity index (χ3n) is 2.81. The normalized spacial score (nSPS) is 10.2. The molecule has 2 aromatic rings. The second-order valence-corrected chi connectivity index (χ2v) is 4.39. The van der Waals surface area contributed by atoms with Crippen LogP contribution in [0.15, 0.2) is 48.5 Å². The molecule has 0 saturated carbocycles. The molecule has 1 N–H and O–H groups in total. The smallest absolute Gasteiger partial charge is 0.146 e. The van der Waals surface area contributed by atoms with E-state index in [0.29, 0.717) is 12.2 Å². The lowest BCUT2D eigenvalue weighted by atomic mass is 10.2. The van der Waals surface area contributed by atoms with E-state index in [1.807, 2.05) is 37.2 Å². The highest BCUT2D eigenvalue weighted by molar-refractivity contribution is 5.48. The van der Waals surface area contributed by atoms with Gasteiger partial charge >= 0.3 is 0 Å². The van der Waals surface area contributed by atoms with E-state index < -0.39 is 0 Å². The van der Waals surface area contributed by atoms with Crippen LogP contribution in [-0.2, 0) is 6.54 Å². The van der Waals surface area contributed by atoms with Crippen LogP contribution in [-0.4, -0.2) is 14.1 Å². The number of nitrogens with one attached hydrogen (secondary N) is 1. The molecular weight excluding hydrogens is 227 g/mol. The van der Waals surface area contributed by atoms with Crippen LogP contribution in [0.25, 0.3) is 0 Å². The van der Waals surface area contributed by atoms with Crippen molar-refractivity contribution in [3.8, 4) is 0 Å². The van der Waals surface area contributed by atoms with E-state index in [2.05, 4.69) is 17.4 Å². The number of rotatable bonds is 4. The van der Waals surface area contributed by atoms with Crippen LogP contribution >= 0.6 is 0 Å². The summed E-state index contributed by atoms with van der Waals surface area (Å²) in [6.45, 7) is 0.620. The molecule has 2 rings (SSSR count). The molecule has 0 aliphatic rings. The van der Waals surface area contributed by atoms with Gasteiger partial charge in [-0.15, -0.1) is 0 Å². The van der Waals surface area contributed by atoms with E-state index >= 15 is 0 Å². The fourth-order valence-electron chi connectivity index (χ4n) is 1.71. The number of hydrogen-bond acceptors (Lipinski definition) is 2. The van der Waals surface area contributed by atoms with Crippen molar-refractivity contribution in [2.75, 3.05) is 24.3 Å². The van der Waals surface area contributed by atoms with Crippen LogP contribution in [0.2, 0.25) is 0 Å². The van der Waals surface area contributed by atoms with Gasteiger partial charge in [-0.25, -0.2) is 4.39 Å². The molecule has 0 aliphatic heterocycles. The highest BCUT2D eigenvalue weighted by atomic mass is 19.1. The van der Waals surface area contributed by atoms with Crippen LogP contribution in [0.5, 0.6) is 0 Å². The Hall–Kier alpha value is -2.03. The Bertz CT molecular complexity index is 506. The van der Waals surface area contributed by atoms with Crippen molar-refractivity contribution in [1.82, 2.24) is 0 Å². The van der Waals surface area contributed by atoms with Crippen molar-refractivity contribution in [2.45, 2.75) is 6.54 Å². The molecule has 2 nitrogen and oxygen atoms in total. The number of nitrogens with zero attached hydrogens (tertiary/aromatic N) is 1. The van der Waals surface area contributed by atoms with E-state index in [0.717, 1.165) is 11.3 Å². The molecule has 0 aliphatic carbocycles. The Morgan fingerprint density at radius 1 is 1.00 bits per heavy atom. The number of halogens is 1. The Kier molecular flexibility index (Phi) is 3.82. The number of anilines is 2. The van der Waals surface area contributed by atoms with Gasteiger partial charge in [-0.05, 0) is 29.8 Å². The molecule has 18 heavy (non-hydrogen) atoms. The SMILES string of the molecule is CN(C)c1ccc(CNc2ccccc2F)cc1. The quantitative estimate of drug-likeness (QED) is 0.885. The van der Waals surface area contributed by atoms with Crippen LogP contribution in [0.3, 0.4) is 0 Å². The van der Waals surface area contributed by atoms with Crippen molar-refractivity contribution in [3.63, 3.8) is 0 Å². The first-order valence-electron chi connectivity index (χ1n) is 5.91. The average molecular weight is 244 g/mol. The number of para-hydroxylation sites is 1. The van der Waals surface area contributed by atoms with Crippen molar-refractivity contribution in [1.29, 1.82) is 0 Å². The summed E-state index contributed by atoms with van der Waals surface area (Å²) in [5, 5.41) is 3.09. The Morgan fingerprint density at radius 2 is 1.67 bits per heavy atom. The Balaban J connectivity index is 2.00. The molecule has 0 radical (unpaired) electrons. The van der Waals surface area contributed by atoms with Crippen LogP contribution in [0, 0.1) is 5.82 Å². The number of benzene rings is 2. The molecule has 0 atom stereocenters. The molecule has 0 unspecified atom stereocenters. The highest BCUT2D eigenvalue weighted by Gasteiger charge is 2.00. The minimum atomic E-state index is -0.220. The number of hydrogen-bond donors (Lipinski definition) is 1. The average Bonchev–Trinajstić information content (AvgIpc) is 2.38. The third kappa shape index (κ3) is 3.00. The summed E-state index contributed by atoms with van der Waals surface area (Å²) in [6.07, 6.45) is 0. The summed E-state index contributed by atoms with van der Waals surface area (Å²) < 4.78 is 13.4. The van der Waals surface area contributed by atoms with Gasteiger partial charge in [0.2, 0.25) is 0 Å².